The Bertz CT molecular complexity index is 614. The third-order valence-corrected chi connectivity index (χ3v) is 3.92. The molecule has 0 fully saturated rings. The molecule has 5 nitrogen and oxygen atoms in total. The fraction of sp³-hybridized carbons (Fsp3) is 0.500. The van der Waals surface area contributed by atoms with Gasteiger partial charge in [0.15, 0.2) is 0 Å². The minimum atomic E-state index is -4.70. The van der Waals surface area contributed by atoms with Crippen LogP contribution in [0.1, 0.15) is 44.2 Å². The summed E-state index contributed by atoms with van der Waals surface area (Å²) in [6, 6.07) is 5.52. The average molecular weight is 343 g/mol. The lowest BCUT2D eigenvalue weighted by Gasteiger charge is -2.24. The number of rotatable bonds is 7. The quantitative estimate of drug-likeness (QED) is 0.833. The van der Waals surface area contributed by atoms with E-state index in [0.29, 0.717) is 12.8 Å². The molecule has 1 aromatic heterocycles. The van der Waals surface area contributed by atoms with Gasteiger partial charge in [-0.2, -0.15) is 5.10 Å². The van der Waals surface area contributed by atoms with E-state index in [1.165, 1.54) is 18.5 Å². The van der Waals surface area contributed by atoms with E-state index in [9.17, 15) is 18.3 Å². The number of aromatic nitrogens is 3. The van der Waals surface area contributed by atoms with Crippen LogP contribution < -0.4 is 4.74 Å². The lowest BCUT2D eigenvalue weighted by molar-refractivity contribution is -0.274. The Morgan fingerprint density at radius 1 is 1.25 bits per heavy atom. The Kier molecular flexibility index (Phi) is 5.82. The van der Waals surface area contributed by atoms with Crippen LogP contribution in [0.15, 0.2) is 36.9 Å². The fourth-order valence-electron chi connectivity index (χ4n) is 2.68. The van der Waals surface area contributed by atoms with Gasteiger partial charge in [0.1, 0.15) is 18.4 Å². The van der Waals surface area contributed by atoms with Gasteiger partial charge in [-0.25, -0.2) is 9.67 Å². The van der Waals surface area contributed by atoms with Gasteiger partial charge in [-0.15, -0.1) is 13.2 Å². The highest BCUT2D eigenvalue weighted by molar-refractivity contribution is 5.29. The van der Waals surface area contributed by atoms with Crippen molar-refractivity contribution in [3.63, 3.8) is 0 Å². The van der Waals surface area contributed by atoms with E-state index in [4.69, 9.17) is 0 Å². The number of aliphatic hydroxyl groups excluding tert-OH is 1. The molecule has 2 rings (SSSR count). The van der Waals surface area contributed by atoms with Gasteiger partial charge in [0.2, 0.25) is 0 Å². The van der Waals surface area contributed by atoms with Crippen LogP contribution in [-0.4, -0.2) is 32.3 Å². The van der Waals surface area contributed by atoms with Crippen molar-refractivity contribution in [2.75, 3.05) is 0 Å². The van der Waals surface area contributed by atoms with Gasteiger partial charge >= 0.3 is 6.36 Å². The molecule has 8 heteroatoms. The van der Waals surface area contributed by atoms with E-state index in [-0.39, 0.29) is 17.7 Å². The van der Waals surface area contributed by atoms with Gasteiger partial charge in [0.05, 0.1) is 12.1 Å². The van der Waals surface area contributed by atoms with Gasteiger partial charge in [0, 0.05) is 0 Å². The highest BCUT2D eigenvalue weighted by Crippen LogP contribution is 2.29. The zero-order valence-electron chi connectivity index (χ0n) is 13.4. The number of halogens is 3. The second-order valence-corrected chi connectivity index (χ2v) is 5.67. The third kappa shape index (κ3) is 4.95. The second kappa shape index (κ2) is 7.65. The van der Waals surface area contributed by atoms with Crippen LogP contribution in [0.5, 0.6) is 5.75 Å². The predicted molar refractivity (Wildman–Crippen MR) is 81.5 cm³/mol. The molecule has 132 valence electrons. The van der Waals surface area contributed by atoms with Crippen LogP contribution in [0.25, 0.3) is 0 Å². The number of hydrogen-bond donors (Lipinski definition) is 1. The van der Waals surface area contributed by atoms with E-state index >= 15 is 0 Å². The van der Waals surface area contributed by atoms with Crippen molar-refractivity contribution in [2.24, 2.45) is 0 Å². The van der Waals surface area contributed by atoms with Crippen molar-refractivity contribution in [1.29, 1.82) is 0 Å². The summed E-state index contributed by atoms with van der Waals surface area (Å²) in [5, 5.41) is 14.5. The summed E-state index contributed by atoms with van der Waals surface area (Å²) >= 11 is 0. The number of aliphatic hydroxyl groups is 1. The second-order valence-electron chi connectivity index (χ2n) is 5.67. The summed E-state index contributed by atoms with van der Waals surface area (Å²) in [6.07, 6.45) is -1.22. The predicted octanol–water partition coefficient (Wildman–Crippen LogP) is 3.68. The summed E-state index contributed by atoms with van der Waals surface area (Å²) in [4.78, 5) is 3.88. The molecule has 0 aliphatic rings. The van der Waals surface area contributed by atoms with Gasteiger partial charge in [-0.05, 0) is 36.5 Å². The molecule has 3 atom stereocenters. The molecule has 24 heavy (non-hydrogen) atoms. The molecular formula is C16H20F3N3O2. The van der Waals surface area contributed by atoms with Crippen LogP contribution in [0.4, 0.5) is 13.2 Å². The third-order valence-electron chi connectivity index (χ3n) is 3.92. The van der Waals surface area contributed by atoms with Gasteiger partial charge in [0.25, 0.3) is 0 Å². The molecule has 2 aromatic rings. The molecular weight excluding hydrogens is 323 g/mol. The van der Waals surface area contributed by atoms with E-state index in [1.54, 1.807) is 23.1 Å². The first kappa shape index (κ1) is 18.3. The summed E-state index contributed by atoms with van der Waals surface area (Å²) < 4.78 is 42.0. The number of hydrogen-bond acceptors (Lipinski definition) is 4. The Labute approximate surface area is 138 Å². The normalized spacial score (nSPS) is 15.8. The van der Waals surface area contributed by atoms with Crippen molar-refractivity contribution in [2.45, 2.75) is 51.1 Å². The fourth-order valence-corrected chi connectivity index (χ4v) is 2.68. The lowest BCUT2D eigenvalue weighted by Crippen LogP contribution is -2.25. The Hall–Kier alpha value is -2.09. The first-order valence-electron chi connectivity index (χ1n) is 7.68. The monoisotopic (exact) mass is 343 g/mol. The average Bonchev–Trinajstić information content (AvgIpc) is 3.01. The van der Waals surface area contributed by atoms with E-state index < -0.39 is 12.5 Å². The van der Waals surface area contributed by atoms with Gasteiger partial charge < -0.3 is 9.84 Å². The standard InChI is InChI=1S/C16H20F3N3O2/c1-3-14(22-10-20-9-21-22)15(23)8-11(2)12-4-6-13(7-5-12)24-16(17,18)19/h4-7,9-11,14-15,23H,3,8H2,1-2H3. The number of nitrogens with zero attached hydrogens (tertiary/aromatic N) is 3. The smallest absolute Gasteiger partial charge is 0.406 e. The summed E-state index contributed by atoms with van der Waals surface area (Å²) in [6.45, 7) is 3.86. The summed E-state index contributed by atoms with van der Waals surface area (Å²) in [5.41, 5.74) is 0.831. The Morgan fingerprint density at radius 3 is 2.42 bits per heavy atom. The zero-order chi connectivity index (χ0) is 17.7. The molecule has 0 bridgehead atoms. The summed E-state index contributed by atoms with van der Waals surface area (Å²) in [5.74, 6) is -0.287. The molecule has 0 saturated carbocycles. The van der Waals surface area contributed by atoms with Crippen molar-refractivity contribution >= 4 is 0 Å². The zero-order valence-corrected chi connectivity index (χ0v) is 13.4. The van der Waals surface area contributed by atoms with E-state index in [1.807, 2.05) is 13.8 Å². The first-order chi connectivity index (χ1) is 11.3. The summed E-state index contributed by atoms with van der Waals surface area (Å²) in [7, 11) is 0. The molecule has 0 aliphatic heterocycles. The van der Waals surface area contributed by atoms with Crippen LogP contribution in [0, 0.1) is 0 Å². The van der Waals surface area contributed by atoms with E-state index in [0.717, 1.165) is 5.56 Å². The molecule has 1 aromatic carbocycles. The largest absolute Gasteiger partial charge is 0.573 e. The molecule has 0 aliphatic carbocycles. The Balaban J connectivity index is 1.99. The molecule has 1 N–H and O–H groups in total. The van der Waals surface area contributed by atoms with Crippen LogP contribution in [0.3, 0.4) is 0 Å². The van der Waals surface area contributed by atoms with Crippen molar-refractivity contribution < 1.29 is 23.0 Å². The lowest BCUT2D eigenvalue weighted by atomic mass is 9.91. The Morgan fingerprint density at radius 2 is 1.92 bits per heavy atom. The maximum atomic E-state index is 12.2. The number of benzene rings is 1. The minimum Gasteiger partial charge on any atom is -0.406 e. The molecule has 0 amide bonds. The highest BCUT2D eigenvalue weighted by atomic mass is 19.4. The van der Waals surface area contributed by atoms with Gasteiger partial charge in [-0.3, -0.25) is 0 Å². The maximum absolute atomic E-state index is 12.2. The topological polar surface area (TPSA) is 60.2 Å². The highest BCUT2D eigenvalue weighted by Gasteiger charge is 2.31. The number of ether oxygens (including phenoxy) is 1. The minimum absolute atomic E-state index is 0.0301. The first-order valence-corrected chi connectivity index (χ1v) is 7.68. The SMILES string of the molecule is CCC(C(O)CC(C)c1ccc(OC(F)(F)F)cc1)n1cncn1. The van der Waals surface area contributed by atoms with Crippen LogP contribution in [0.2, 0.25) is 0 Å². The van der Waals surface area contributed by atoms with Crippen molar-refractivity contribution in [1.82, 2.24) is 14.8 Å². The molecule has 0 spiro atoms. The molecule has 0 saturated heterocycles. The molecule has 0 radical (unpaired) electrons. The molecule has 1 heterocycles. The van der Waals surface area contributed by atoms with Crippen molar-refractivity contribution in [3.8, 4) is 5.75 Å². The van der Waals surface area contributed by atoms with Crippen LogP contribution >= 0.6 is 0 Å². The van der Waals surface area contributed by atoms with Crippen LogP contribution in [-0.2, 0) is 0 Å². The number of alkyl halides is 3. The van der Waals surface area contributed by atoms with Gasteiger partial charge in [-0.1, -0.05) is 26.0 Å². The molecule has 3 unspecified atom stereocenters. The van der Waals surface area contributed by atoms with Crippen molar-refractivity contribution in [3.05, 3.63) is 42.5 Å². The van der Waals surface area contributed by atoms with E-state index in [2.05, 4.69) is 14.8 Å². The maximum Gasteiger partial charge on any atom is 0.573 e.